The average molecular weight is 280 g/mol. The van der Waals surface area contributed by atoms with Crippen molar-refractivity contribution in [1.29, 1.82) is 5.26 Å². The number of nitrogens with zero attached hydrogens (tertiary/aromatic N) is 2. The van der Waals surface area contributed by atoms with Gasteiger partial charge in [0.2, 0.25) is 0 Å². The monoisotopic (exact) mass is 280 g/mol. The minimum Gasteiger partial charge on any atom is -0.452 e. The summed E-state index contributed by atoms with van der Waals surface area (Å²) in [6, 6.07) is 5.74. The predicted molar refractivity (Wildman–Crippen MR) is 74.4 cm³/mol. The summed E-state index contributed by atoms with van der Waals surface area (Å²) in [6.45, 7) is 7.84. The number of aromatic nitrogens is 1. The van der Waals surface area contributed by atoms with Gasteiger partial charge >= 0.3 is 6.09 Å². The zero-order valence-corrected chi connectivity index (χ0v) is 13.1. The smallest absolute Gasteiger partial charge is 0.417 e. The Labute approximate surface area is 114 Å². The normalized spacial score (nSPS) is 14.5. The molecule has 0 aliphatic rings. The molecule has 0 bridgehead atoms. The Morgan fingerprint density at radius 2 is 2.16 bits per heavy atom. The van der Waals surface area contributed by atoms with Crippen molar-refractivity contribution in [1.82, 2.24) is 4.57 Å². The molecule has 0 fully saturated rings. The van der Waals surface area contributed by atoms with Gasteiger partial charge in [-0.1, -0.05) is 0 Å². The van der Waals surface area contributed by atoms with Gasteiger partial charge in [0.15, 0.2) is 8.32 Å². The Morgan fingerprint density at radius 3 is 2.63 bits per heavy atom. The molecule has 0 saturated carbocycles. The van der Waals surface area contributed by atoms with E-state index in [4.69, 9.17) is 9.16 Å². The van der Waals surface area contributed by atoms with Gasteiger partial charge in [-0.2, -0.15) is 5.26 Å². The number of methoxy groups -OCH3 is 1. The lowest BCUT2D eigenvalue weighted by molar-refractivity contribution is 0.137. The fourth-order valence-corrected chi connectivity index (χ4v) is 3.43. The van der Waals surface area contributed by atoms with Gasteiger partial charge in [0.25, 0.3) is 0 Å². The van der Waals surface area contributed by atoms with Crippen molar-refractivity contribution >= 4 is 14.4 Å². The van der Waals surface area contributed by atoms with Crippen LogP contribution in [-0.4, -0.2) is 31.7 Å². The maximum Gasteiger partial charge on any atom is 0.417 e. The Kier molecular flexibility index (Phi) is 4.55. The van der Waals surface area contributed by atoms with Crippen LogP contribution >= 0.6 is 0 Å². The number of carbonyl (C=O) groups excluding carboxylic acids is 1. The minimum atomic E-state index is -1.85. The van der Waals surface area contributed by atoms with Gasteiger partial charge in [0.05, 0.1) is 13.2 Å². The maximum atomic E-state index is 11.6. The molecular weight excluding hydrogens is 260 g/mol. The molecule has 1 atom stereocenters. The molecule has 0 aromatic carbocycles. The van der Waals surface area contributed by atoms with Crippen LogP contribution in [-0.2, 0) is 15.6 Å². The van der Waals surface area contributed by atoms with E-state index in [0.29, 0.717) is 12.1 Å². The molecule has 1 heterocycles. The largest absolute Gasteiger partial charge is 0.452 e. The molecule has 1 rings (SSSR count). The number of hydrogen-bond acceptors (Lipinski definition) is 4. The van der Waals surface area contributed by atoms with E-state index in [2.05, 4.69) is 6.07 Å². The zero-order chi connectivity index (χ0) is 14.7. The Hall–Kier alpha value is -1.58. The molecule has 5 nitrogen and oxygen atoms in total. The SMILES string of the molecule is COC(=O)n1cccc1CC(C)(C#N)O[Si](C)(C)C. The molecule has 0 N–H and O–H groups in total. The summed E-state index contributed by atoms with van der Waals surface area (Å²) >= 11 is 0. The van der Waals surface area contributed by atoms with Crippen molar-refractivity contribution in [3.63, 3.8) is 0 Å². The summed E-state index contributed by atoms with van der Waals surface area (Å²) in [4.78, 5) is 11.6. The quantitative estimate of drug-likeness (QED) is 0.795. The summed E-state index contributed by atoms with van der Waals surface area (Å²) in [5.41, 5.74) is -0.233. The molecule has 0 radical (unpaired) electrons. The third kappa shape index (κ3) is 4.23. The molecule has 1 unspecified atom stereocenters. The van der Waals surface area contributed by atoms with Crippen LogP contribution in [0.5, 0.6) is 0 Å². The third-order valence-electron chi connectivity index (χ3n) is 2.49. The standard InChI is InChI=1S/C13H20N2O3Si/c1-13(10-14,18-19(3,4)5)9-11-7-6-8-15(11)12(16)17-2/h6-8H,9H2,1-5H3. The second kappa shape index (κ2) is 5.59. The van der Waals surface area contributed by atoms with Gasteiger partial charge in [-0.05, 0) is 38.7 Å². The van der Waals surface area contributed by atoms with E-state index in [1.807, 2.05) is 19.6 Å². The van der Waals surface area contributed by atoms with Crippen molar-refractivity contribution in [2.24, 2.45) is 0 Å². The lowest BCUT2D eigenvalue weighted by Gasteiger charge is -2.30. The van der Waals surface area contributed by atoms with E-state index in [0.717, 1.165) is 0 Å². The van der Waals surface area contributed by atoms with E-state index in [9.17, 15) is 10.1 Å². The summed E-state index contributed by atoms with van der Waals surface area (Å²) in [6.07, 6.45) is 1.50. The number of hydrogen-bond donors (Lipinski definition) is 0. The van der Waals surface area contributed by atoms with Gasteiger partial charge in [-0.3, -0.25) is 4.57 Å². The second-order valence-electron chi connectivity index (χ2n) is 5.57. The first-order chi connectivity index (χ1) is 8.71. The number of nitriles is 1. The van der Waals surface area contributed by atoms with Gasteiger partial charge in [-0.15, -0.1) is 0 Å². The molecule has 19 heavy (non-hydrogen) atoms. The molecule has 1 aromatic heterocycles. The van der Waals surface area contributed by atoms with Crippen LogP contribution in [0.25, 0.3) is 0 Å². The molecular formula is C13H20N2O3Si. The highest BCUT2D eigenvalue weighted by atomic mass is 28.4. The van der Waals surface area contributed by atoms with Crippen LogP contribution in [0, 0.1) is 11.3 Å². The maximum absolute atomic E-state index is 11.6. The molecule has 6 heteroatoms. The molecule has 0 saturated heterocycles. The summed E-state index contributed by atoms with van der Waals surface area (Å²) < 4.78 is 12.0. The predicted octanol–water partition coefficient (Wildman–Crippen LogP) is 2.78. The van der Waals surface area contributed by atoms with E-state index in [1.54, 1.807) is 25.3 Å². The Bertz CT molecular complexity index is 499. The molecule has 0 aliphatic heterocycles. The zero-order valence-electron chi connectivity index (χ0n) is 12.1. The van der Waals surface area contributed by atoms with E-state index >= 15 is 0 Å². The van der Waals surface area contributed by atoms with E-state index < -0.39 is 20.0 Å². The average Bonchev–Trinajstić information content (AvgIpc) is 2.73. The minimum absolute atomic E-state index is 0.343. The highest BCUT2D eigenvalue weighted by molar-refractivity contribution is 6.69. The molecule has 0 amide bonds. The highest BCUT2D eigenvalue weighted by Gasteiger charge is 2.33. The van der Waals surface area contributed by atoms with Crippen LogP contribution in [0.1, 0.15) is 12.6 Å². The molecule has 0 spiro atoms. The van der Waals surface area contributed by atoms with Crippen LogP contribution < -0.4 is 0 Å². The lowest BCUT2D eigenvalue weighted by atomic mass is 10.0. The molecule has 1 aromatic rings. The third-order valence-corrected chi connectivity index (χ3v) is 3.55. The molecule has 0 aliphatic carbocycles. The van der Waals surface area contributed by atoms with Gasteiger partial charge in [0.1, 0.15) is 5.60 Å². The van der Waals surface area contributed by atoms with Gasteiger partial charge < -0.3 is 9.16 Å². The topological polar surface area (TPSA) is 64.2 Å². The van der Waals surface area contributed by atoms with Crippen LogP contribution in [0.4, 0.5) is 4.79 Å². The van der Waals surface area contributed by atoms with Crippen molar-refractivity contribution in [3.05, 3.63) is 24.0 Å². The van der Waals surface area contributed by atoms with Crippen molar-refractivity contribution < 1.29 is 14.0 Å². The number of carbonyl (C=O) groups is 1. The first-order valence-corrected chi connectivity index (χ1v) is 9.47. The first-order valence-electron chi connectivity index (χ1n) is 6.07. The Balaban J connectivity index is 2.97. The summed E-state index contributed by atoms with van der Waals surface area (Å²) in [5.74, 6) is 0. The molecule has 104 valence electrons. The van der Waals surface area contributed by atoms with Crippen molar-refractivity contribution in [2.45, 2.75) is 38.6 Å². The van der Waals surface area contributed by atoms with Crippen LogP contribution in [0.3, 0.4) is 0 Å². The van der Waals surface area contributed by atoms with Crippen LogP contribution in [0.2, 0.25) is 19.6 Å². The van der Waals surface area contributed by atoms with Crippen LogP contribution in [0.15, 0.2) is 18.3 Å². The van der Waals surface area contributed by atoms with Crippen molar-refractivity contribution in [2.75, 3.05) is 7.11 Å². The van der Waals surface area contributed by atoms with Gasteiger partial charge in [-0.25, -0.2) is 4.79 Å². The lowest BCUT2D eigenvalue weighted by Crippen LogP contribution is -2.41. The first kappa shape index (κ1) is 15.5. The number of rotatable bonds is 4. The van der Waals surface area contributed by atoms with Crippen molar-refractivity contribution in [3.8, 4) is 6.07 Å². The fourth-order valence-electron chi connectivity index (χ4n) is 1.96. The van der Waals surface area contributed by atoms with E-state index in [1.165, 1.54) is 11.7 Å². The second-order valence-corrected chi connectivity index (χ2v) is 10.0. The number of ether oxygens (including phenoxy) is 1. The fraction of sp³-hybridized carbons (Fsp3) is 0.538. The highest BCUT2D eigenvalue weighted by Crippen LogP contribution is 2.22. The summed E-state index contributed by atoms with van der Waals surface area (Å²) in [5, 5.41) is 9.36. The van der Waals surface area contributed by atoms with E-state index in [-0.39, 0.29) is 0 Å². The van der Waals surface area contributed by atoms with Gasteiger partial charge in [0, 0.05) is 18.3 Å². The summed E-state index contributed by atoms with van der Waals surface area (Å²) in [7, 11) is -0.520. The Morgan fingerprint density at radius 1 is 1.53 bits per heavy atom.